The number of anilines is 1. The van der Waals surface area contributed by atoms with Gasteiger partial charge in [-0.15, -0.1) is 0 Å². The van der Waals surface area contributed by atoms with Crippen molar-refractivity contribution in [3.63, 3.8) is 0 Å². The maximum Gasteiger partial charge on any atom is 0.311 e. The molecule has 0 spiro atoms. The molecule has 5 heteroatoms. The summed E-state index contributed by atoms with van der Waals surface area (Å²) in [5.41, 5.74) is 2.82. The van der Waals surface area contributed by atoms with Crippen molar-refractivity contribution < 1.29 is 14.3 Å². The Morgan fingerprint density at radius 3 is 2.35 bits per heavy atom. The highest BCUT2D eigenvalue weighted by atomic mass is 35.5. The standard InChI is InChI=1S/C18H18ClNO3/c1-12-3-8-16(11-13(12)2)23-18(22)10-9-17(21)20-15-6-4-14(19)5-7-15/h3-8,11H,9-10H2,1-2H3,(H,20,21). The van der Waals surface area contributed by atoms with Gasteiger partial charge in [0.05, 0.1) is 6.42 Å². The smallest absolute Gasteiger partial charge is 0.311 e. The molecule has 2 aromatic rings. The molecule has 4 nitrogen and oxygen atoms in total. The van der Waals surface area contributed by atoms with E-state index in [1.165, 1.54) is 0 Å². The molecular weight excluding hydrogens is 314 g/mol. The van der Waals surface area contributed by atoms with Crippen molar-refractivity contribution in [3.05, 3.63) is 58.6 Å². The molecule has 0 aromatic heterocycles. The monoisotopic (exact) mass is 331 g/mol. The van der Waals surface area contributed by atoms with Crippen LogP contribution in [0.2, 0.25) is 5.02 Å². The fourth-order valence-corrected chi connectivity index (χ4v) is 2.06. The molecule has 23 heavy (non-hydrogen) atoms. The van der Waals surface area contributed by atoms with Crippen LogP contribution in [0.5, 0.6) is 5.75 Å². The number of esters is 1. The van der Waals surface area contributed by atoms with Crippen LogP contribution in [0.25, 0.3) is 0 Å². The second kappa shape index (κ2) is 7.79. The van der Waals surface area contributed by atoms with Gasteiger partial charge in [0.15, 0.2) is 0 Å². The number of hydrogen-bond acceptors (Lipinski definition) is 3. The third-order valence-corrected chi connectivity index (χ3v) is 3.65. The van der Waals surface area contributed by atoms with E-state index >= 15 is 0 Å². The van der Waals surface area contributed by atoms with Crippen molar-refractivity contribution >= 4 is 29.2 Å². The topological polar surface area (TPSA) is 55.4 Å². The summed E-state index contributed by atoms with van der Waals surface area (Å²) in [4.78, 5) is 23.6. The normalized spacial score (nSPS) is 10.2. The van der Waals surface area contributed by atoms with Gasteiger partial charge in [-0.25, -0.2) is 0 Å². The lowest BCUT2D eigenvalue weighted by molar-refractivity contribution is -0.135. The Balaban J connectivity index is 1.80. The Bertz CT molecular complexity index is 711. The lowest BCUT2D eigenvalue weighted by atomic mass is 10.1. The fraction of sp³-hybridized carbons (Fsp3) is 0.222. The van der Waals surface area contributed by atoms with Gasteiger partial charge >= 0.3 is 5.97 Å². The molecule has 0 saturated carbocycles. The van der Waals surface area contributed by atoms with E-state index in [2.05, 4.69) is 5.32 Å². The zero-order valence-corrected chi connectivity index (χ0v) is 13.8. The van der Waals surface area contributed by atoms with Crippen LogP contribution in [0.15, 0.2) is 42.5 Å². The van der Waals surface area contributed by atoms with Crippen LogP contribution >= 0.6 is 11.6 Å². The minimum Gasteiger partial charge on any atom is -0.427 e. The average molecular weight is 332 g/mol. The van der Waals surface area contributed by atoms with Crippen LogP contribution in [0.3, 0.4) is 0 Å². The summed E-state index contributed by atoms with van der Waals surface area (Å²) < 4.78 is 5.23. The Hall–Kier alpha value is -2.33. The van der Waals surface area contributed by atoms with E-state index < -0.39 is 5.97 Å². The molecule has 0 unspecified atom stereocenters. The maximum atomic E-state index is 11.8. The highest BCUT2D eigenvalue weighted by molar-refractivity contribution is 6.30. The van der Waals surface area contributed by atoms with Gasteiger partial charge < -0.3 is 10.1 Å². The highest BCUT2D eigenvalue weighted by Gasteiger charge is 2.10. The number of halogens is 1. The van der Waals surface area contributed by atoms with E-state index in [0.29, 0.717) is 16.5 Å². The predicted octanol–water partition coefficient (Wildman–Crippen LogP) is 4.28. The quantitative estimate of drug-likeness (QED) is 0.657. The molecule has 2 aromatic carbocycles. The van der Waals surface area contributed by atoms with Crippen LogP contribution < -0.4 is 10.1 Å². The van der Waals surface area contributed by atoms with Gasteiger partial charge in [0.25, 0.3) is 0 Å². The summed E-state index contributed by atoms with van der Waals surface area (Å²) in [5.74, 6) is -0.180. The van der Waals surface area contributed by atoms with Crippen LogP contribution in [-0.4, -0.2) is 11.9 Å². The third-order valence-electron chi connectivity index (χ3n) is 3.39. The van der Waals surface area contributed by atoms with Gasteiger partial charge in [-0.3, -0.25) is 9.59 Å². The van der Waals surface area contributed by atoms with E-state index in [4.69, 9.17) is 16.3 Å². The molecule has 0 aliphatic heterocycles. The summed E-state index contributed by atoms with van der Waals surface area (Å²) in [6, 6.07) is 12.2. The summed E-state index contributed by atoms with van der Waals surface area (Å²) in [6.07, 6.45) is 0.0820. The van der Waals surface area contributed by atoms with Crippen LogP contribution in [0, 0.1) is 13.8 Å². The first-order valence-electron chi connectivity index (χ1n) is 7.27. The first kappa shape index (κ1) is 17.0. The zero-order chi connectivity index (χ0) is 16.8. The number of aryl methyl sites for hydroxylation is 2. The van der Waals surface area contributed by atoms with Crippen molar-refractivity contribution in [2.75, 3.05) is 5.32 Å². The molecule has 1 amide bonds. The number of benzene rings is 2. The minimum atomic E-state index is -0.431. The number of carbonyl (C=O) groups is 2. The minimum absolute atomic E-state index is 0.0202. The molecule has 0 radical (unpaired) electrons. The molecular formula is C18H18ClNO3. The fourth-order valence-electron chi connectivity index (χ4n) is 1.93. The number of nitrogens with one attached hydrogen (secondary N) is 1. The molecule has 0 fully saturated rings. The molecule has 0 bridgehead atoms. The van der Waals surface area contributed by atoms with E-state index in [9.17, 15) is 9.59 Å². The second-order valence-corrected chi connectivity index (χ2v) is 5.71. The lowest BCUT2D eigenvalue weighted by Gasteiger charge is -2.07. The number of amides is 1. The van der Waals surface area contributed by atoms with Crippen LogP contribution in [0.4, 0.5) is 5.69 Å². The molecule has 0 aliphatic rings. The van der Waals surface area contributed by atoms with E-state index in [0.717, 1.165) is 11.1 Å². The highest BCUT2D eigenvalue weighted by Crippen LogP contribution is 2.17. The van der Waals surface area contributed by atoms with Crippen molar-refractivity contribution in [3.8, 4) is 5.75 Å². The SMILES string of the molecule is Cc1ccc(OC(=O)CCC(=O)Nc2ccc(Cl)cc2)cc1C. The van der Waals surface area contributed by atoms with Gasteiger partial charge in [0, 0.05) is 17.1 Å². The number of hydrogen-bond donors (Lipinski definition) is 1. The van der Waals surface area contributed by atoms with Gasteiger partial charge in [-0.1, -0.05) is 17.7 Å². The molecule has 0 saturated heterocycles. The summed E-state index contributed by atoms with van der Waals surface area (Å²) in [5, 5.41) is 3.30. The van der Waals surface area contributed by atoms with E-state index in [1.54, 1.807) is 36.4 Å². The zero-order valence-electron chi connectivity index (χ0n) is 13.1. The van der Waals surface area contributed by atoms with Gasteiger partial charge in [0.2, 0.25) is 5.91 Å². The molecule has 1 N–H and O–H groups in total. The third kappa shape index (κ3) is 5.42. The number of rotatable bonds is 5. The molecule has 0 aliphatic carbocycles. The van der Waals surface area contributed by atoms with Crippen molar-refractivity contribution in [2.45, 2.75) is 26.7 Å². The summed E-state index contributed by atoms with van der Waals surface area (Å²) in [6.45, 7) is 3.94. The van der Waals surface area contributed by atoms with Gasteiger partial charge in [0.1, 0.15) is 5.75 Å². The molecule has 0 heterocycles. The van der Waals surface area contributed by atoms with E-state index in [1.807, 2.05) is 19.9 Å². The summed E-state index contributed by atoms with van der Waals surface area (Å²) >= 11 is 5.77. The Kier molecular flexibility index (Phi) is 5.77. The van der Waals surface area contributed by atoms with Crippen LogP contribution in [0.1, 0.15) is 24.0 Å². The number of carbonyl (C=O) groups excluding carboxylic acids is 2. The Morgan fingerprint density at radius 2 is 1.70 bits per heavy atom. The average Bonchev–Trinajstić information content (AvgIpc) is 2.51. The second-order valence-electron chi connectivity index (χ2n) is 5.28. The van der Waals surface area contributed by atoms with Crippen molar-refractivity contribution in [1.82, 2.24) is 0 Å². The number of ether oxygens (including phenoxy) is 1. The first-order valence-corrected chi connectivity index (χ1v) is 7.65. The largest absolute Gasteiger partial charge is 0.427 e. The Morgan fingerprint density at radius 1 is 1.00 bits per heavy atom. The van der Waals surface area contributed by atoms with Crippen molar-refractivity contribution in [2.24, 2.45) is 0 Å². The van der Waals surface area contributed by atoms with Crippen molar-refractivity contribution in [1.29, 1.82) is 0 Å². The Labute approximate surface area is 140 Å². The van der Waals surface area contributed by atoms with Crippen LogP contribution in [-0.2, 0) is 9.59 Å². The molecule has 0 atom stereocenters. The van der Waals surface area contributed by atoms with Gasteiger partial charge in [-0.05, 0) is 61.4 Å². The summed E-state index contributed by atoms with van der Waals surface area (Å²) in [7, 11) is 0. The maximum absolute atomic E-state index is 11.8. The van der Waals surface area contributed by atoms with E-state index in [-0.39, 0.29) is 18.7 Å². The van der Waals surface area contributed by atoms with Gasteiger partial charge in [-0.2, -0.15) is 0 Å². The lowest BCUT2D eigenvalue weighted by Crippen LogP contribution is -2.15. The predicted molar refractivity (Wildman–Crippen MR) is 90.9 cm³/mol. The molecule has 2 rings (SSSR count). The molecule has 120 valence electrons. The first-order chi connectivity index (χ1) is 10.9.